The summed E-state index contributed by atoms with van der Waals surface area (Å²) in [6.45, 7) is 1.81. The van der Waals surface area contributed by atoms with Crippen molar-refractivity contribution in [1.82, 2.24) is 14.5 Å². The van der Waals surface area contributed by atoms with E-state index in [0.717, 1.165) is 20.3 Å². The standard InChI is InChI=1S/C22H16N4O3S2/c1-13-11-30-22(24-13)31-15-8-6-14(7-9-15)25-18(27)10-26-12-23-19-16-4-2-3-5-17(16)29-20(19)21(26)28/h2-9,11-12H,10H2,1H3,(H,25,27). The van der Waals surface area contributed by atoms with E-state index in [1.165, 1.54) is 10.9 Å². The predicted octanol–water partition coefficient (Wildman–Crippen LogP) is 4.70. The SMILES string of the molecule is Cc1csc(Sc2ccc(NC(=O)Cn3cnc4c(oc5ccccc54)c3=O)cc2)n1. The molecule has 1 N–H and O–H groups in total. The molecule has 3 aromatic heterocycles. The van der Waals surface area contributed by atoms with Gasteiger partial charge in [-0.2, -0.15) is 0 Å². The fourth-order valence-electron chi connectivity index (χ4n) is 3.17. The number of para-hydroxylation sites is 1. The Morgan fingerprint density at radius 2 is 2.00 bits per heavy atom. The van der Waals surface area contributed by atoms with E-state index in [2.05, 4.69) is 15.3 Å². The first-order valence-corrected chi connectivity index (χ1v) is 11.1. The molecule has 0 saturated heterocycles. The van der Waals surface area contributed by atoms with E-state index < -0.39 is 0 Å². The zero-order chi connectivity index (χ0) is 21.4. The summed E-state index contributed by atoms with van der Waals surface area (Å²) in [7, 11) is 0. The first-order valence-electron chi connectivity index (χ1n) is 9.43. The normalized spacial score (nSPS) is 11.3. The van der Waals surface area contributed by atoms with Gasteiger partial charge in [-0.15, -0.1) is 11.3 Å². The highest BCUT2D eigenvalue weighted by Gasteiger charge is 2.14. The predicted molar refractivity (Wildman–Crippen MR) is 122 cm³/mol. The average molecular weight is 449 g/mol. The van der Waals surface area contributed by atoms with Crippen molar-refractivity contribution in [3.63, 3.8) is 0 Å². The molecule has 0 radical (unpaired) electrons. The van der Waals surface area contributed by atoms with Crippen LogP contribution in [0.4, 0.5) is 5.69 Å². The van der Waals surface area contributed by atoms with Gasteiger partial charge in [-0.25, -0.2) is 9.97 Å². The molecule has 31 heavy (non-hydrogen) atoms. The Bertz CT molecular complexity index is 1470. The van der Waals surface area contributed by atoms with Crippen LogP contribution < -0.4 is 10.9 Å². The van der Waals surface area contributed by atoms with Crippen molar-refractivity contribution < 1.29 is 9.21 Å². The second kappa shape index (κ2) is 8.01. The first kappa shape index (κ1) is 19.5. The molecule has 5 rings (SSSR count). The summed E-state index contributed by atoms with van der Waals surface area (Å²) < 4.78 is 7.87. The average Bonchev–Trinajstić information content (AvgIpc) is 3.35. The topological polar surface area (TPSA) is 90.0 Å². The maximum absolute atomic E-state index is 12.7. The van der Waals surface area contributed by atoms with E-state index in [0.29, 0.717) is 16.8 Å². The van der Waals surface area contributed by atoms with Gasteiger partial charge >= 0.3 is 0 Å². The summed E-state index contributed by atoms with van der Waals surface area (Å²) in [5.41, 5.74) is 2.51. The molecule has 0 aliphatic rings. The molecule has 5 aromatic rings. The number of amides is 1. The van der Waals surface area contributed by atoms with Crippen molar-refractivity contribution >= 4 is 56.8 Å². The van der Waals surface area contributed by atoms with E-state index in [9.17, 15) is 9.59 Å². The molecule has 154 valence electrons. The molecule has 0 saturated carbocycles. The van der Waals surface area contributed by atoms with Crippen molar-refractivity contribution in [1.29, 1.82) is 0 Å². The number of furan rings is 1. The van der Waals surface area contributed by atoms with Gasteiger partial charge < -0.3 is 9.73 Å². The van der Waals surface area contributed by atoms with Crippen LogP contribution in [0.5, 0.6) is 0 Å². The molecule has 7 nitrogen and oxygen atoms in total. The number of hydrogen-bond acceptors (Lipinski definition) is 7. The van der Waals surface area contributed by atoms with Gasteiger partial charge in [0.05, 0.1) is 6.33 Å². The Morgan fingerprint density at radius 1 is 1.19 bits per heavy atom. The van der Waals surface area contributed by atoms with Crippen LogP contribution in [0, 0.1) is 6.92 Å². The summed E-state index contributed by atoms with van der Waals surface area (Å²) in [5.74, 6) is -0.324. The van der Waals surface area contributed by atoms with Crippen molar-refractivity contribution in [2.24, 2.45) is 0 Å². The summed E-state index contributed by atoms with van der Waals surface area (Å²) in [5, 5.41) is 5.59. The lowest BCUT2D eigenvalue weighted by molar-refractivity contribution is -0.116. The molecule has 0 bridgehead atoms. The number of nitrogens with zero attached hydrogens (tertiary/aromatic N) is 3. The minimum absolute atomic E-state index is 0.148. The Kier molecular flexibility index (Phi) is 5.05. The van der Waals surface area contributed by atoms with Gasteiger partial charge in [-0.05, 0) is 43.3 Å². The van der Waals surface area contributed by atoms with Crippen molar-refractivity contribution in [3.05, 3.63) is 76.3 Å². The monoisotopic (exact) mass is 448 g/mol. The lowest BCUT2D eigenvalue weighted by Crippen LogP contribution is -2.27. The van der Waals surface area contributed by atoms with Gasteiger partial charge in [0.25, 0.3) is 5.56 Å². The Balaban J connectivity index is 1.30. The third-order valence-electron chi connectivity index (χ3n) is 4.61. The van der Waals surface area contributed by atoms with Crippen LogP contribution in [0.3, 0.4) is 0 Å². The molecule has 0 spiro atoms. The maximum Gasteiger partial charge on any atom is 0.297 e. The molecule has 0 atom stereocenters. The Morgan fingerprint density at radius 3 is 2.77 bits per heavy atom. The van der Waals surface area contributed by atoms with Crippen LogP contribution >= 0.6 is 23.1 Å². The Labute approximate surface area is 184 Å². The zero-order valence-corrected chi connectivity index (χ0v) is 18.0. The molecular weight excluding hydrogens is 432 g/mol. The summed E-state index contributed by atoms with van der Waals surface area (Å²) in [6, 6.07) is 14.8. The maximum atomic E-state index is 12.7. The van der Waals surface area contributed by atoms with Crippen LogP contribution in [-0.4, -0.2) is 20.4 Å². The fourth-order valence-corrected chi connectivity index (χ4v) is 4.98. The smallest absolute Gasteiger partial charge is 0.297 e. The van der Waals surface area contributed by atoms with E-state index in [4.69, 9.17) is 4.42 Å². The number of aromatic nitrogens is 3. The van der Waals surface area contributed by atoms with Crippen LogP contribution in [-0.2, 0) is 11.3 Å². The van der Waals surface area contributed by atoms with Crippen molar-refractivity contribution in [2.75, 3.05) is 5.32 Å². The molecule has 0 fully saturated rings. The first-order chi connectivity index (χ1) is 15.1. The van der Waals surface area contributed by atoms with Gasteiger partial charge in [-0.3, -0.25) is 14.2 Å². The summed E-state index contributed by atoms with van der Waals surface area (Å²) in [4.78, 5) is 35.0. The highest BCUT2D eigenvalue weighted by Crippen LogP contribution is 2.31. The molecule has 9 heteroatoms. The lowest BCUT2D eigenvalue weighted by Gasteiger charge is -2.07. The highest BCUT2D eigenvalue weighted by molar-refractivity contribution is 8.01. The number of carbonyl (C=O) groups excluding carboxylic acids is 1. The number of hydrogen-bond donors (Lipinski definition) is 1. The van der Waals surface area contributed by atoms with Crippen LogP contribution in [0.25, 0.3) is 22.1 Å². The van der Waals surface area contributed by atoms with Crippen molar-refractivity contribution in [3.8, 4) is 0 Å². The summed E-state index contributed by atoms with van der Waals surface area (Å²) >= 11 is 3.17. The van der Waals surface area contributed by atoms with Gasteiger partial charge in [0.15, 0.2) is 4.34 Å². The van der Waals surface area contributed by atoms with E-state index in [1.54, 1.807) is 29.2 Å². The number of carbonyl (C=O) groups is 1. The summed E-state index contributed by atoms with van der Waals surface area (Å²) in [6.07, 6.45) is 1.38. The quantitative estimate of drug-likeness (QED) is 0.419. The van der Waals surface area contributed by atoms with Gasteiger partial charge in [0.2, 0.25) is 11.5 Å². The zero-order valence-electron chi connectivity index (χ0n) is 16.4. The second-order valence-corrected chi connectivity index (χ2v) is 9.06. The number of fused-ring (bicyclic) bond motifs is 3. The van der Waals surface area contributed by atoms with Gasteiger partial charge in [0, 0.05) is 27.0 Å². The largest absolute Gasteiger partial charge is 0.448 e. The Hall–Kier alpha value is -3.43. The molecule has 1 amide bonds. The lowest BCUT2D eigenvalue weighted by atomic mass is 10.2. The van der Waals surface area contributed by atoms with Crippen LogP contribution in [0.2, 0.25) is 0 Å². The van der Waals surface area contributed by atoms with Gasteiger partial charge in [-0.1, -0.05) is 23.9 Å². The third kappa shape index (κ3) is 3.97. The second-order valence-electron chi connectivity index (χ2n) is 6.88. The fraction of sp³-hybridized carbons (Fsp3) is 0.0909. The number of thiazole rings is 1. The van der Waals surface area contributed by atoms with Gasteiger partial charge in [0.1, 0.15) is 17.6 Å². The van der Waals surface area contributed by atoms with E-state index in [-0.39, 0.29) is 23.6 Å². The molecule has 0 aliphatic carbocycles. The van der Waals surface area contributed by atoms with E-state index in [1.807, 2.05) is 54.8 Å². The highest BCUT2D eigenvalue weighted by atomic mass is 32.2. The molecule has 3 heterocycles. The molecule has 0 aliphatic heterocycles. The van der Waals surface area contributed by atoms with Crippen molar-refractivity contribution in [2.45, 2.75) is 22.7 Å². The molecule has 2 aromatic carbocycles. The minimum Gasteiger partial charge on any atom is -0.448 e. The number of anilines is 1. The third-order valence-corrected chi connectivity index (χ3v) is 6.67. The number of benzene rings is 2. The van der Waals surface area contributed by atoms with Crippen LogP contribution in [0.1, 0.15) is 5.69 Å². The van der Waals surface area contributed by atoms with Crippen LogP contribution in [0.15, 0.2) is 78.7 Å². The number of rotatable bonds is 5. The molecular formula is C22H16N4O3S2. The number of nitrogens with one attached hydrogen (secondary N) is 1. The van der Waals surface area contributed by atoms with E-state index >= 15 is 0 Å². The minimum atomic E-state index is -0.387. The molecule has 0 unspecified atom stereocenters. The number of aryl methyl sites for hydroxylation is 1.